The molecule has 4 nitrogen and oxygen atoms in total. The fourth-order valence-corrected chi connectivity index (χ4v) is 2.21. The summed E-state index contributed by atoms with van der Waals surface area (Å²) in [6.07, 6.45) is 3.24. The molecule has 0 spiro atoms. The average molecular weight is 252 g/mol. The zero-order valence-electron chi connectivity index (χ0n) is 10.4. The van der Waals surface area contributed by atoms with Gasteiger partial charge in [-0.3, -0.25) is 4.79 Å². The predicted molar refractivity (Wildman–Crippen MR) is 64.7 cm³/mol. The number of nitrogens with zero attached hydrogens (tertiary/aromatic N) is 2. The highest BCUT2D eigenvalue weighted by atomic mass is 19.1. The van der Waals surface area contributed by atoms with Crippen LogP contribution in [0, 0.1) is 5.95 Å². The van der Waals surface area contributed by atoms with Gasteiger partial charge in [-0.2, -0.15) is 4.39 Å². The molecule has 1 fully saturated rings. The summed E-state index contributed by atoms with van der Waals surface area (Å²) >= 11 is 0. The van der Waals surface area contributed by atoms with E-state index in [0.29, 0.717) is 19.7 Å². The van der Waals surface area contributed by atoms with Crippen molar-refractivity contribution in [2.45, 2.75) is 25.9 Å². The van der Waals surface area contributed by atoms with Crippen molar-refractivity contribution in [3.8, 4) is 0 Å². The first kappa shape index (κ1) is 13.0. The van der Waals surface area contributed by atoms with E-state index in [2.05, 4.69) is 4.98 Å². The highest BCUT2D eigenvalue weighted by Crippen LogP contribution is 2.16. The summed E-state index contributed by atoms with van der Waals surface area (Å²) in [6.45, 7) is 3.74. The minimum absolute atomic E-state index is 0.0367. The number of likely N-dealkylation sites (tertiary alicyclic amines) is 1. The number of hydrogen-bond acceptors (Lipinski definition) is 3. The maximum absolute atomic E-state index is 13.5. The third-order valence-electron chi connectivity index (χ3n) is 3.06. The third kappa shape index (κ3) is 2.85. The molecule has 98 valence electrons. The van der Waals surface area contributed by atoms with Crippen molar-refractivity contribution in [3.05, 3.63) is 29.8 Å². The second kappa shape index (κ2) is 5.91. The third-order valence-corrected chi connectivity index (χ3v) is 3.06. The Hall–Kier alpha value is -1.49. The quantitative estimate of drug-likeness (QED) is 0.771. The lowest BCUT2D eigenvalue weighted by Gasteiger charge is -2.32. The number of pyridine rings is 1. The van der Waals surface area contributed by atoms with Gasteiger partial charge in [-0.1, -0.05) is 0 Å². The molecule has 0 bridgehead atoms. The Labute approximate surface area is 106 Å². The minimum atomic E-state index is -0.707. The topological polar surface area (TPSA) is 42.4 Å². The van der Waals surface area contributed by atoms with Crippen LogP contribution in [0.2, 0.25) is 0 Å². The van der Waals surface area contributed by atoms with E-state index in [1.807, 2.05) is 6.92 Å². The van der Waals surface area contributed by atoms with E-state index in [4.69, 9.17) is 4.74 Å². The molecule has 0 aliphatic carbocycles. The smallest absolute Gasteiger partial charge is 0.258 e. The van der Waals surface area contributed by atoms with Gasteiger partial charge in [0, 0.05) is 25.9 Å². The number of rotatable bonds is 3. The van der Waals surface area contributed by atoms with Crippen LogP contribution in [0.25, 0.3) is 0 Å². The molecular weight excluding hydrogens is 235 g/mol. The zero-order valence-corrected chi connectivity index (χ0v) is 10.4. The van der Waals surface area contributed by atoms with Gasteiger partial charge in [0.15, 0.2) is 0 Å². The van der Waals surface area contributed by atoms with Crippen LogP contribution >= 0.6 is 0 Å². The van der Waals surface area contributed by atoms with Crippen molar-refractivity contribution >= 4 is 5.91 Å². The predicted octanol–water partition coefficient (Wildman–Crippen LogP) is 1.86. The first-order valence-electron chi connectivity index (χ1n) is 6.23. The van der Waals surface area contributed by atoms with Crippen LogP contribution in [-0.4, -0.2) is 41.6 Å². The Bertz CT molecular complexity index is 423. The standard InChI is InChI=1S/C13H17FN2O2/c1-2-18-10-5-4-8-16(9-10)13(17)11-6-3-7-15-12(11)14/h3,6-7,10H,2,4-5,8-9H2,1H3. The molecule has 0 saturated carbocycles. The molecule has 1 saturated heterocycles. The number of hydrogen-bond donors (Lipinski definition) is 0. The summed E-state index contributed by atoms with van der Waals surface area (Å²) < 4.78 is 19.0. The Morgan fingerprint density at radius 2 is 2.50 bits per heavy atom. The lowest BCUT2D eigenvalue weighted by Crippen LogP contribution is -2.43. The Kier molecular flexibility index (Phi) is 4.25. The zero-order chi connectivity index (χ0) is 13.0. The summed E-state index contributed by atoms with van der Waals surface area (Å²) in [5.74, 6) is -1.01. The molecule has 0 N–H and O–H groups in total. The van der Waals surface area contributed by atoms with Crippen molar-refractivity contribution in [2.75, 3.05) is 19.7 Å². The number of amides is 1. The van der Waals surface area contributed by atoms with E-state index in [9.17, 15) is 9.18 Å². The SMILES string of the molecule is CCOC1CCCN(C(=O)c2cccnc2F)C1. The molecule has 2 rings (SSSR count). The molecule has 1 aliphatic rings. The number of carbonyl (C=O) groups is 1. The first-order valence-corrected chi connectivity index (χ1v) is 6.23. The van der Waals surface area contributed by atoms with Gasteiger partial charge in [-0.15, -0.1) is 0 Å². The molecule has 0 radical (unpaired) electrons. The highest BCUT2D eigenvalue weighted by Gasteiger charge is 2.26. The van der Waals surface area contributed by atoms with Crippen molar-refractivity contribution in [1.29, 1.82) is 0 Å². The van der Waals surface area contributed by atoms with E-state index in [0.717, 1.165) is 12.8 Å². The van der Waals surface area contributed by atoms with Crippen LogP contribution in [0.15, 0.2) is 18.3 Å². The fourth-order valence-electron chi connectivity index (χ4n) is 2.21. The second-order valence-electron chi connectivity index (χ2n) is 4.31. The fraction of sp³-hybridized carbons (Fsp3) is 0.538. The van der Waals surface area contributed by atoms with Crippen LogP contribution in [0.4, 0.5) is 4.39 Å². The van der Waals surface area contributed by atoms with E-state index < -0.39 is 5.95 Å². The largest absolute Gasteiger partial charge is 0.377 e. The van der Waals surface area contributed by atoms with Gasteiger partial charge in [0.25, 0.3) is 5.91 Å². The summed E-state index contributed by atoms with van der Waals surface area (Å²) in [5.41, 5.74) is 0.0367. The summed E-state index contributed by atoms with van der Waals surface area (Å²) in [7, 11) is 0. The number of halogens is 1. The van der Waals surface area contributed by atoms with E-state index in [1.165, 1.54) is 12.3 Å². The molecule has 1 aromatic heterocycles. The normalized spacial score (nSPS) is 19.9. The Balaban J connectivity index is 2.07. The number of carbonyl (C=O) groups excluding carboxylic acids is 1. The van der Waals surface area contributed by atoms with Crippen LogP contribution < -0.4 is 0 Å². The van der Waals surface area contributed by atoms with E-state index in [-0.39, 0.29) is 17.6 Å². The molecule has 1 aromatic rings. The summed E-state index contributed by atoms with van der Waals surface area (Å²) in [6, 6.07) is 3.04. The van der Waals surface area contributed by atoms with Gasteiger partial charge in [0.1, 0.15) is 0 Å². The average Bonchev–Trinajstić information content (AvgIpc) is 2.39. The molecule has 18 heavy (non-hydrogen) atoms. The highest BCUT2D eigenvalue weighted by molar-refractivity contribution is 5.94. The van der Waals surface area contributed by atoms with Gasteiger partial charge in [-0.25, -0.2) is 4.98 Å². The maximum Gasteiger partial charge on any atom is 0.258 e. The molecule has 5 heteroatoms. The molecule has 0 aromatic carbocycles. The minimum Gasteiger partial charge on any atom is -0.377 e. The maximum atomic E-state index is 13.5. The molecule has 1 aliphatic heterocycles. The molecule has 1 atom stereocenters. The van der Waals surface area contributed by atoms with Crippen LogP contribution in [0.1, 0.15) is 30.1 Å². The Morgan fingerprint density at radius 1 is 1.67 bits per heavy atom. The molecule has 1 unspecified atom stereocenters. The van der Waals surface area contributed by atoms with Crippen LogP contribution in [0.3, 0.4) is 0 Å². The van der Waals surface area contributed by atoms with Gasteiger partial charge >= 0.3 is 0 Å². The second-order valence-corrected chi connectivity index (χ2v) is 4.31. The number of aromatic nitrogens is 1. The lowest BCUT2D eigenvalue weighted by atomic mass is 10.1. The summed E-state index contributed by atoms with van der Waals surface area (Å²) in [4.78, 5) is 17.3. The molecule has 2 heterocycles. The van der Waals surface area contributed by atoms with Gasteiger partial charge in [-0.05, 0) is 31.9 Å². The summed E-state index contributed by atoms with van der Waals surface area (Å²) in [5, 5.41) is 0. The Morgan fingerprint density at radius 3 is 3.22 bits per heavy atom. The number of ether oxygens (including phenoxy) is 1. The van der Waals surface area contributed by atoms with E-state index in [1.54, 1.807) is 11.0 Å². The van der Waals surface area contributed by atoms with Crippen molar-refractivity contribution in [2.24, 2.45) is 0 Å². The lowest BCUT2D eigenvalue weighted by molar-refractivity contribution is 0.00704. The van der Waals surface area contributed by atoms with Crippen LogP contribution in [-0.2, 0) is 4.74 Å². The van der Waals surface area contributed by atoms with Crippen LogP contribution in [0.5, 0.6) is 0 Å². The van der Waals surface area contributed by atoms with Crippen molar-refractivity contribution in [1.82, 2.24) is 9.88 Å². The van der Waals surface area contributed by atoms with Crippen molar-refractivity contribution in [3.63, 3.8) is 0 Å². The number of piperidine rings is 1. The molecular formula is C13H17FN2O2. The monoisotopic (exact) mass is 252 g/mol. The first-order chi connectivity index (χ1) is 8.72. The van der Waals surface area contributed by atoms with Gasteiger partial charge < -0.3 is 9.64 Å². The van der Waals surface area contributed by atoms with Gasteiger partial charge in [0.2, 0.25) is 5.95 Å². The van der Waals surface area contributed by atoms with Gasteiger partial charge in [0.05, 0.1) is 11.7 Å². The molecule has 1 amide bonds. The van der Waals surface area contributed by atoms with Crippen molar-refractivity contribution < 1.29 is 13.9 Å². The van der Waals surface area contributed by atoms with E-state index >= 15 is 0 Å².